The number of aryl methyl sites for hydroxylation is 1. The fourth-order valence-corrected chi connectivity index (χ4v) is 7.77. The molecule has 5 aromatic carbocycles. The topological polar surface area (TPSA) is 47.2 Å². The van der Waals surface area contributed by atoms with Crippen molar-refractivity contribution in [3.63, 3.8) is 0 Å². The molecule has 58 heavy (non-hydrogen) atoms. The van der Waals surface area contributed by atoms with Crippen molar-refractivity contribution in [3.8, 4) is 39.3 Å². The Morgan fingerprint density at radius 2 is 0.966 bits per heavy atom. The summed E-state index contributed by atoms with van der Waals surface area (Å²) in [7, 11) is 0. The molecule has 0 radical (unpaired) electrons. The molecule has 4 heteroatoms. The quantitative estimate of drug-likeness (QED) is 0.0982. The van der Waals surface area contributed by atoms with Crippen LogP contribution in [0.15, 0.2) is 115 Å². The Kier molecular flexibility index (Phi) is 17.1. The van der Waals surface area contributed by atoms with Crippen molar-refractivity contribution in [2.45, 2.75) is 112 Å². The summed E-state index contributed by atoms with van der Waals surface area (Å²) >= 11 is 0. The number of aromatic nitrogens is 1. The third-order valence-corrected chi connectivity index (χ3v) is 10.9. The molecule has 0 aliphatic rings. The van der Waals surface area contributed by atoms with Crippen LogP contribution in [0.3, 0.4) is 0 Å². The van der Waals surface area contributed by atoms with Gasteiger partial charge in [-0.1, -0.05) is 177 Å². The van der Waals surface area contributed by atoms with E-state index in [1.807, 2.05) is 6.07 Å². The monoisotopic (exact) mass is 937 g/mol. The van der Waals surface area contributed by atoms with Gasteiger partial charge in [-0.25, -0.2) is 0 Å². The summed E-state index contributed by atoms with van der Waals surface area (Å²) in [6.07, 6.45) is 0. The molecule has 0 saturated carbocycles. The number of pyridine rings is 1. The average molecular weight is 937 g/mol. The largest absolute Gasteiger partial charge is 0.673 e. The fraction of sp³-hybridized carbons (Fsp3) is 0.315. The second-order valence-corrected chi connectivity index (χ2v) is 16.8. The first-order valence-electron chi connectivity index (χ1n) is 20.2. The standard InChI is InChI=1S/C52H59N2O.2CH3.Hf/c1-31(2)37-28-38(32(3)4)30-39(29-37)46-26-36(11)27-47(52(46)55)43-19-13-14-20-44(43)48-24-17-25-49(53-48)51(45-21-15-12-18-40(45)33(5)6)54-50-41(34(7)8)22-16-23-42(50)35(9)10;;;/h12-35,51H,1-11H3,(H,53,55);2*1H3;/q3*-1;. The maximum Gasteiger partial charge on any atom is 0.131 e. The van der Waals surface area contributed by atoms with Crippen molar-refractivity contribution < 1.29 is 30.9 Å². The van der Waals surface area contributed by atoms with Gasteiger partial charge in [0.2, 0.25) is 0 Å². The Balaban J connectivity index is 0.00000300. The van der Waals surface area contributed by atoms with Gasteiger partial charge in [0.25, 0.3) is 0 Å². The van der Waals surface area contributed by atoms with Gasteiger partial charge in [-0.15, -0.1) is 5.69 Å². The third-order valence-electron chi connectivity index (χ3n) is 10.9. The van der Waals surface area contributed by atoms with Crippen molar-refractivity contribution in [3.05, 3.63) is 180 Å². The maximum absolute atomic E-state index is 12.2. The van der Waals surface area contributed by atoms with Crippen LogP contribution in [-0.4, -0.2) is 10.1 Å². The zero-order chi connectivity index (χ0) is 39.6. The Hall–Kier alpha value is -4.28. The normalized spacial score (nSPS) is 11.7. The number of benzene rings is 5. The van der Waals surface area contributed by atoms with Crippen LogP contribution in [0.2, 0.25) is 0 Å². The second kappa shape index (κ2) is 20.6. The molecule has 0 bridgehead atoms. The predicted molar refractivity (Wildman–Crippen MR) is 248 cm³/mol. The molecule has 0 fully saturated rings. The van der Waals surface area contributed by atoms with Crippen LogP contribution in [0.4, 0.5) is 5.69 Å². The molecular formula is C54H65HfN2O-3. The van der Waals surface area contributed by atoms with Gasteiger partial charge in [-0.2, -0.15) is 0 Å². The summed E-state index contributed by atoms with van der Waals surface area (Å²) in [6.45, 7) is 24.5. The van der Waals surface area contributed by atoms with Crippen molar-refractivity contribution in [1.82, 2.24) is 4.98 Å². The van der Waals surface area contributed by atoms with Crippen molar-refractivity contribution in [1.29, 1.82) is 0 Å². The van der Waals surface area contributed by atoms with E-state index in [0.29, 0.717) is 29.6 Å². The van der Waals surface area contributed by atoms with Crippen LogP contribution in [0.25, 0.3) is 38.8 Å². The summed E-state index contributed by atoms with van der Waals surface area (Å²) in [4.78, 5) is 5.47. The van der Waals surface area contributed by atoms with Crippen LogP contribution in [0, 0.1) is 21.8 Å². The fourth-order valence-electron chi connectivity index (χ4n) is 7.77. The van der Waals surface area contributed by atoms with Crippen molar-refractivity contribution in [2.75, 3.05) is 0 Å². The second-order valence-electron chi connectivity index (χ2n) is 16.8. The Morgan fingerprint density at radius 1 is 0.483 bits per heavy atom. The Morgan fingerprint density at radius 3 is 1.52 bits per heavy atom. The minimum atomic E-state index is -0.314. The first-order valence-corrected chi connectivity index (χ1v) is 20.2. The molecule has 0 amide bonds. The summed E-state index contributed by atoms with van der Waals surface area (Å²) in [5, 5.41) is 17.9. The predicted octanol–water partition coefficient (Wildman–Crippen LogP) is 16.4. The van der Waals surface area contributed by atoms with Gasteiger partial charge in [0, 0.05) is 48.2 Å². The number of hydrogen-bond donors (Lipinski definition) is 1. The summed E-state index contributed by atoms with van der Waals surface area (Å²) in [5.41, 5.74) is 16.0. The van der Waals surface area contributed by atoms with Gasteiger partial charge < -0.3 is 25.3 Å². The molecule has 1 N–H and O–H groups in total. The minimum absolute atomic E-state index is 0. The number of aromatic hydroxyl groups is 1. The van der Waals surface area contributed by atoms with E-state index in [4.69, 9.17) is 10.3 Å². The van der Waals surface area contributed by atoms with Gasteiger partial charge in [0.05, 0.1) is 5.69 Å². The molecule has 0 aliphatic heterocycles. The molecule has 304 valence electrons. The minimum Gasteiger partial charge on any atom is -0.673 e. The van der Waals surface area contributed by atoms with Gasteiger partial charge in [-0.05, 0) is 100 Å². The number of para-hydroxylation sites is 1. The van der Waals surface area contributed by atoms with Crippen molar-refractivity contribution in [2.24, 2.45) is 0 Å². The van der Waals surface area contributed by atoms with Gasteiger partial charge >= 0.3 is 0 Å². The van der Waals surface area contributed by atoms with E-state index in [-0.39, 0.29) is 52.5 Å². The molecule has 1 aromatic heterocycles. The number of hydrogen-bond acceptors (Lipinski definition) is 2. The van der Waals surface area contributed by atoms with Crippen LogP contribution in [0.5, 0.6) is 5.75 Å². The van der Waals surface area contributed by atoms with Crippen molar-refractivity contribution >= 4 is 5.69 Å². The molecule has 6 rings (SSSR count). The number of phenolic OH excluding ortho intramolecular Hbond substituents is 1. The van der Waals surface area contributed by atoms with Crippen LogP contribution in [-0.2, 0) is 25.8 Å². The average Bonchev–Trinajstić information content (AvgIpc) is 3.17. The van der Waals surface area contributed by atoms with Crippen LogP contribution in [0.1, 0.15) is 150 Å². The summed E-state index contributed by atoms with van der Waals surface area (Å²) < 4.78 is 0. The number of rotatable bonds is 12. The summed E-state index contributed by atoms with van der Waals surface area (Å²) in [6, 6.07) is 40.7. The van der Waals surface area contributed by atoms with E-state index in [0.717, 1.165) is 50.5 Å². The number of phenols is 1. The molecule has 6 aromatic rings. The summed E-state index contributed by atoms with van der Waals surface area (Å²) in [5.74, 6) is 2.00. The first kappa shape index (κ1) is 48.1. The van der Waals surface area contributed by atoms with E-state index in [2.05, 4.69) is 185 Å². The van der Waals surface area contributed by atoms with E-state index in [1.54, 1.807) is 0 Å². The molecule has 1 unspecified atom stereocenters. The zero-order valence-corrected chi connectivity index (χ0v) is 40.9. The van der Waals surface area contributed by atoms with E-state index >= 15 is 0 Å². The number of nitrogens with zero attached hydrogens (tertiary/aromatic N) is 2. The SMILES string of the molecule is Cc1cc(-c2cc(C(C)C)cc(C(C)C)c2)c(O)c(-c2ccccc2-c2cccc(C([N-]c3c(C(C)C)cccc3C(C)C)c3ccccc3C(C)C)n2)c1.[CH3-].[CH3-].[Hf]. The van der Waals surface area contributed by atoms with Crippen LogP contribution >= 0.6 is 0 Å². The van der Waals surface area contributed by atoms with E-state index in [9.17, 15) is 5.11 Å². The Bertz CT molecular complexity index is 2230. The smallest absolute Gasteiger partial charge is 0.131 e. The maximum atomic E-state index is 12.2. The molecule has 1 atom stereocenters. The van der Waals surface area contributed by atoms with Gasteiger partial charge in [0.1, 0.15) is 5.75 Å². The molecule has 3 nitrogen and oxygen atoms in total. The molecule has 0 spiro atoms. The van der Waals surface area contributed by atoms with Crippen LogP contribution < -0.4 is 0 Å². The van der Waals surface area contributed by atoms with E-state index in [1.165, 1.54) is 33.4 Å². The third kappa shape index (κ3) is 10.3. The van der Waals surface area contributed by atoms with E-state index < -0.39 is 0 Å². The Labute approximate surface area is 370 Å². The molecule has 0 aliphatic carbocycles. The van der Waals surface area contributed by atoms with Gasteiger partial charge in [0.15, 0.2) is 0 Å². The molecule has 0 saturated heterocycles. The zero-order valence-electron chi connectivity index (χ0n) is 37.3. The first-order chi connectivity index (χ1) is 26.2. The molecule has 1 heterocycles. The van der Waals surface area contributed by atoms with Gasteiger partial charge in [-0.3, -0.25) is 4.98 Å². The molecular weight excluding hydrogens is 871 g/mol.